The van der Waals surface area contributed by atoms with Gasteiger partial charge in [-0.2, -0.15) is 0 Å². The van der Waals surface area contributed by atoms with E-state index < -0.39 is 11.1 Å². The van der Waals surface area contributed by atoms with Gasteiger partial charge in [0.2, 0.25) is 0 Å². The number of rotatable bonds is 4. The lowest BCUT2D eigenvalue weighted by Gasteiger charge is -2.38. The minimum absolute atomic E-state index is 0.139. The van der Waals surface area contributed by atoms with Gasteiger partial charge in [-0.25, -0.2) is 0 Å². The van der Waals surface area contributed by atoms with Gasteiger partial charge in [0, 0.05) is 5.56 Å². The molecule has 0 spiro atoms. The molecule has 0 aromatic heterocycles. The zero-order valence-corrected chi connectivity index (χ0v) is 11.9. The van der Waals surface area contributed by atoms with E-state index in [1.807, 2.05) is 45.0 Å². The maximum Gasteiger partial charge on any atom is 0.252 e. The molecule has 0 heterocycles. The highest BCUT2D eigenvalue weighted by Crippen LogP contribution is 2.21. The Morgan fingerprint density at radius 1 is 1.22 bits per heavy atom. The lowest BCUT2D eigenvalue weighted by molar-refractivity contribution is -0.00294. The number of aliphatic hydroxyl groups is 1. The van der Waals surface area contributed by atoms with Gasteiger partial charge >= 0.3 is 0 Å². The molecule has 2 N–H and O–H groups in total. The molecule has 0 aliphatic carbocycles. The van der Waals surface area contributed by atoms with Crippen LogP contribution < -0.4 is 5.32 Å². The van der Waals surface area contributed by atoms with Gasteiger partial charge in [0.1, 0.15) is 0 Å². The van der Waals surface area contributed by atoms with Gasteiger partial charge in [-0.05, 0) is 45.7 Å². The Bertz CT molecular complexity index is 430. The number of carbonyl (C=O) groups is 1. The summed E-state index contributed by atoms with van der Waals surface area (Å²) in [5, 5.41) is 13.0. The molecule has 100 valence electrons. The van der Waals surface area contributed by atoms with Gasteiger partial charge in [0.05, 0.1) is 11.1 Å². The summed E-state index contributed by atoms with van der Waals surface area (Å²) in [6.45, 7) is 9.05. The highest BCUT2D eigenvalue weighted by Gasteiger charge is 2.36. The van der Waals surface area contributed by atoms with Crippen LogP contribution >= 0.6 is 0 Å². The minimum Gasteiger partial charge on any atom is -0.388 e. The number of benzene rings is 1. The maximum absolute atomic E-state index is 12.3. The van der Waals surface area contributed by atoms with Crippen molar-refractivity contribution >= 4 is 5.91 Å². The van der Waals surface area contributed by atoms with Crippen molar-refractivity contribution in [2.45, 2.75) is 52.2 Å². The van der Waals surface area contributed by atoms with Crippen molar-refractivity contribution < 1.29 is 9.90 Å². The highest BCUT2D eigenvalue weighted by atomic mass is 16.3. The third-order valence-corrected chi connectivity index (χ3v) is 3.60. The molecule has 0 atom stereocenters. The topological polar surface area (TPSA) is 49.3 Å². The van der Waals surface area contributed by atoms with E-state index in [1.54, 1.807) is 13.8 Å². The lowest BCUT2D eigenvalue weighted by atomic mass is 9.85. The van der Waals surface area contributed by atoms with Crippen LogP contribution in [0.25, 0.3) is 0 Å². The summed E-state index contributed by atoms with van der Waals surface area (Å²) in [7, 11) is 0. The van der Waals surface area contributed by atoms with Crippen LogP contribution in [0.4, 0.5) is 0 Å². The third kappa shape index (κ3) is 3.10. The highest BCUT2D eigenvalue weighted by molar-refractivity contribution is 5.96. The molecule has 0 bridgehead atoms. The SMILES string of the molecule is CCc1ccccc1C(=O)NC(C)(C)C(C)(C)O. The quantitative estimate of drug-likeness (QED) is 0.861. The van der Waals surface area contributed by atoms with Crippen LogP contribution in [0.2, 0.25) is 0 Å². The normalized spacial score (nSPS) is 12.3. The maximum atomic E-state index is 12.3. The monoisotopic (exact) mass is 249 g/mol. The number of hydrogen-bond acceptors (Lipinski definition) is 2. The summed E-state index contributed by atoms with van der Waals surface area (Å²) >= 11 is 0. The smallest absolute Gasteiger partial charge is 0.252 e. The average molecular weight is 249 g/mol. The molecule has 0 unspecified atom stereocenters. The molecule has 1 aromatic carbocycles. The van der Waals surface area contributed by atoms with E-state index in [0.29, 0.717) is 5.56 Å². The van der Waals surface area contributed by atoms with Crippen molar-refractivity contribution in [3.8, 4) is 0 Å². The fourth-order valence-electron chi connectivity index (χ4n) is 1.55. The van der Waals surface area contributed by atoms with E-state index in [1.165, 1.54) is 0 Å². The summed E-state index contributed by atoms with van der Waals surface area (Å²) in [4.78, 5) is 12.3. The molecule has 1 rings (SSSR count). The van der Waals surface area contributed by atoms with Gasteiger partial charge in [-0.3, -0.25) is 4.79 Å². The zero-order valence-electron chi connectivity index (χ0n) is 11.9. The molecular formula is C15H23NO2. The van der Waals surface area contributed by atoms with E-state index in [-0.39, 0.29) is 5.91 Å². The summed E-state index contributed by atoms with van der Waals surface area (Å²) in [5.41, 5.74) is 0.0215. The van der Waals surface area contributed by atoms with Crippen molar-refractivity contribution in [1.29, 1.82) is 0 Å². The van der Waals surface area contributed by atoms with Crippen molar-refractivity contribution in [1.82, 2.24) is 5.32 Å². The molecule has 1 amide bonds. The molecule has 0 saturated carbocycles. The van der Waals surface area contributed by atoms with Gasteiger partial charge in [0.15, 0.2) is 0 Å². The van der Waals surface area contributed by atoms with E-state index in [2.05, 4.69) is 5.32 Å². The summed E-state index contributed by atoms with van der Waals surface area (Å²) < 4.78 is 0. The summed E-state index contributed by atoms with van der Waals surface area (Å²) in [6, 6.07) is 7.54. The number of nitrogens with one attached hydrogen (secondary N) is 1. The molecule has 18 heavy (non-hydrogen) atoms. The number of carbonyl (C=O) groups excluding carboxylic acids is 1. The Kier molecular flexibility index (Phi) is 4.17. The molecule has 0 fully saturated rings. The predicted octanol–water partition coefficient (Wildman–Crippen LogP) is 2.53. The van der Waals surface area contributed by atoms with Crippen LogP contribution in [0.15, 0.2) is 24.3 Å². The second-order valence-electron chi connectivity index (χ2n) is 5.65. The van der Waals surface area contributed by atoms with Crippen molar-refractivity contribution in [2.24, 2.45) is 0 Å². The van der Waals surface area contributed by atoms with Crippen LogP contribution in [-0.4, -0.2) is 22.2 Å². The second-order valence-corrected chi connectivity index (χ2v) is 5.65. The van der Waals surface area contributed by atoms with Crippen molar-refractivity contribution in [3.05, 3.63) is 35.4 Å². The molecule has 0 aliphatic heterocycles. The van der Waals surface area contributed by atoms with E-state index in [9.17, 15) is 9.90 Å². The zero-order chi connectivity index (χ0) is 14.0. The summed E-state index contributed by atoms with van der Waals surface area (Å²) in [6.07, 6.45) is 0.812. The van der Waals surface area contributed by atoms with E-state index >= 15 is 0 Å². The Labute approximate surface area is 109 Å². The molecule has 0 saturated heterocycles. The van der Waals surface area contributed by atoms with Crippen LogP contribution in [0, 0.1) is 0 Å². The van der Waals surface area contributed by atoms with Crippen LogP contribution in [0.1, 0.15) is 50.5 Å². The van der Waals surface area contributed by atoms with Crippen LogP contribution in [-0.2, 0) is 6.42 Å². The Balaban J connectivity index is 2.96. The van der Waals surface area contributed by atoms with Gasteiger partial charge in [-0.1, -0.05) is 25.1 Å². The van der Waals surface area contributed by atoms with Gasteiger partial charge in [-0.15, -0.1) is 0 Å². The fourth-order valence-corrected chi connectivity index (χ4v) is 1.55. The minimum atomic E-state index is -0.982. The van der Waals surface area contributed by atoms with Crippen LogP contribution in [0.3, 0.4) is 0 Å². The third-order valence-electron chi connectivity index (χ3n) is 3.60. The largest absolute Gasteiger partial charge is 0.388 e. The average Bonchev–Trinajstić information content (AvgIpc) is 2.26. The number of aryl methyl sites for hydroxylation is 1. The Morgan fingerprint density at radius 3 is 2.28 bits per heavy atom. The van der Waals surface area contributed by atoms with E-state index in [4.69, 9.17) is 0 Å². The Hall–Kier alpha value is -1.35. The summed E-state index contributed by atoms with van der Waals surface area (Å²) in [5.74, 6) is -0.139. The molecule has 0 aliphatic rings. The van der Waals surface area contributed by atoms with Crippen LogP contribution in [0.5, 0.6) is 0 Å². The molecule has 1 aromatic rings. The molecule has 3 nitrogen and oxygen atoms in total. The molecule has 3 heteroatoms. The first-order valence-electron chi connectivity index (χ1n) is 6.32. The molecule has 0 radical (unpaired) electrons. The first-order chi connectivity index (χ1) is 8.19. The van der Waals surface area contributed by atoms with Gasteiger partial charge in [0.25, 0.3) is 5.91 Å². The Morgan fingerprint density at radius 2 is 1.78 bits per heavy atom. The standard InChI is InChI=1S/C15H23NO2/c1-6-11-9-7-8-10-12(11)13(17)16-14(2,3)15(4,5)18/h7-10,18H,6H2,1-5H3,(H,16,17). The first kappa shape index (κ1) is 14.7. The predicted molar refractivity (Wildman–Crippen MR) is 73.7 cm³/mol. The van der Waals surface area contributed by atoms with E-state index in [0.717, 1.165) is 12.0 Å². The fraction of sp³-hybridized carbons (Fsp3) is 0.533. The van der Waals surface area contributed by atoms with Crippen molar-refractivity contribution in [3.63, 3.8) is 0 Å². The molecular weight excluding hydrogens is 226 g/mol. The first-order valence-corrected chi connectivity index (χ1v) is 6.32. The van der Waals surface area contributed by atoms with Crippen molar-refractivity contribution in [2.75, 3.05) is 0 Å². The number of amides is 1. The lowest BCUT2D eigenvalue weighted by Crippen LogP contribution is -2.57. The second kappa shape index (κ2) is 5.11. The van der Waals surface area contributed by atoms with Gasteiger partial charge < -0.3 is 10.4 Å². The number of hydrogen-bond donors (Lipinski definition) is 2.